The molecule has 134 valence electrons. The third-order valence-corrected chi connectivity index (χ3v) is 5.05. The van der Waals surface area contributed by atoms with E-state index in [2.05, 4.69) is 9.88 Å². The van der Waals surface area contributed by atoms with Gasteiger partial charge >= 0.3 is 0 Å². The largest absolute Gasteiger partial charge is 0.374 e. The molecule has 0 spiro atoms. The van der Waals surface area contributed by atoms with Crippen molar-refractivity contribution < 1.29 is 14.3 Å². The van der Waals surface area contributed by atoms with Gasteiger partial charge in [0.25, 0.3) is 5.91 Å². The maximum Gasteiger partial charge on any atom is 0.256 e. The average Bonchev–Trinajstić information content (AvgIpc) is 3.09. The molecule has 3 atom stereocenters. The minimum absolute atomic E-state index is 0.00482. The SMILES string of the molecule is Cc1cc(C(=O)N2CCO[C@H]3[C@H](OCCN(C)C)CC[C@@H]32)c(C)[nH]1. The fourth-order valence-electron chi connectivity index (χ4n) is 3.83. The second kappa shape index (κ2) is 7.25. The molecule has 1 N–H and O–H groups in total. The van der Waals surface area contributed by atoms with Crippen LogP contribution in [0.1, 0.15) is 34.6 Å². The van der Waals surface area contributed by atoms with Crippen LogP contribution in [-0.4, -0.2) is 79.3 Å². The van der Waals surface area contributed by atoms with Crippen LogP contribution in [0.5, 0.6) is 0 Å². The van der Waals surface area contributed by atoms with Gasteiger partial charge in [0.1, 0.15) is 6.10 Å². The van der Waals surface area contributed by atoms with Gasteiger partial charge in [0, 0.05) is 24.5 Å². The third-order valence-electron chi connectivity index (χ3n) is 5.05. The number of rotatable bonds is 5. The Kier molecular flexibility index (Phi) is 5.27. The van der Waals surface area contributed by atoms with Crippen molar-refractivity contribution in [3.8, 4) is 0 Å². The van der Waals surface area contributed by atoms with Crippen LogP contribution in [0.15, 0.2) is 6.07 Å². The van der Waals surface area contributed by atoms with Gasteiger partial charge in [-0.05, 0) is 46.9 Å². The van der Waals surface area contributed by atoms with E-state index >= 15 is 0 Å². The zero-order valence-corrected chi connectivity index (χ0v) is 15.2. The second-order valence-corrected chi connectivity index (χ2v) is 7.18. The number of morpholine rings is 1. The summed E-state index contributed by atoms with van der Waals surface area (Å²) in [5.74, 6) is 0.115. The summed E-state index contributed by atoms with van der Waals surface area (Å²) in [5, 5.41) is 0. The zero-order chi connectivity index (χ0) is 17.3. The normalized spacial score (nSPS) is 26.9. The van der Waals surface area contributed by atoms with Gasteiger partial charge in [0.15, 0.2) is 0 Å². The highest BCUT2D eigenvalue weighted by molar-refractivity contribution is 5.96. The predicted molar refractivity (Wildman–Crippen MR) is 92.4 cm³/mol. The first kappa shape index (κ1) is 17.5. The van der Waals surface area contributed by atoms with Crippen LogP contribution in [0.25, 0.3) is 0 Å². The number of hydrogen-bond acceptors (Lipinski definition) is 4. The van der Waals surface area contributed by atoms with Gasteiger partial charge in [0.05, 0.1) is 30.9 Å². The average molecular weight is 335 g/mol. The first-order valence-electron chi connectivity index (χ1n) is 8.82. The number of H-pyrrole nitrogens is 1. The quantitative estimate of drug-likeness (QED) is 0.888. The van der Waals surface area contributed by atoms with E-state index in [9.17, 15) is 4.79 Å². The Labute approximate surface area is 144 Å². The molecule has 2 heterocycles. The van der Waals surface area contributed by atoms with Gasteiger partial charge < -0.3 is 24.3 Å². The van der Waals surface area contributed by atoms with Crippen LogP contribution in [0.3, 0.4) is 0 Å². The van der Waals surface area contributed by atoms with Gasteiger partial charge in [-0.2, -0.15) is 0 Å². The van der Waals surface area contributed by atoms with E-state index in [0.29, 0.717) is 19.8 Å². The van der Waals surface area contributed by atoms with Crippen LogP contribution < -0.4 is 0 Å². The molecule has 1 saturated heterocycles. The smallest absolute Gasteiger partial charge is 0.256 e. The lowest BCUT2D eigenvalue weighted by Gasteiger charge is -2.39. The number of fused-ring (bicyclic) bond motifs is 1. The summed E-state index contributed by atoms with van der Waals surface area (Å²) >= 11 is 0. The van der Waals surface area contributed by atoms with Gasteiger partial charge in [-0.3, -0.25) is 4.79 Å². The lowest BCUT2D eigenvalue weighted by molar-refractivity contribution is -0.105. The van der Waals surface area contributed by atoms with Crippen molar-refractivity contribution in [1.29, 1.82) is 0 Å². The van der Waals surface area contributed by atoms with Crippen molar-refractivity contribution in [3.05, 3.63) is 23.0 Å². The molecule has 1 aliphatic carbocycles. The fraction of sp³-hybridized carbons (Fsp3) is 0.722. The van der Waals surface area contributed by atoms with Gasteiger partial charge in [-0.1, -0.05) is 0 Å². The minimum Gasteiger partial charge on any atom is -0.374 e. The van der Waals surface area contributed by atoms with E-state index in [4.69, 9.17) is 9.47 Å². The van der Waals surface area contributed by atoms with Crippen molar-refractivity contribution in [2.75, 3.05) is 40.4 Å². The highest BCUT2D eigenvalue weighted by atomic mass is 16.5. The number of aromatic amines is 1. The highest BCUT2D eigenvalue weighted by Crippen LogP contribution is 2.33. The molecular weight excluding hydrogens is 306 g/mol. The van der Waals surface area contributed by atoms with Crippen molar-refractivity contribution in [2.24, 2.45) is 0 Å². The van der Waals surface area contributed by atoms with Crippen molar-refractivity contribution >= 4 is 5.91 Å². The first-order valence-corrected chi connectivity index (χ1v) is 8.82. The summed E-state index contributed by atoms with van der Waals surface area (Å²) in [4.78, 5) is 20.3. The van der Waals surface area contributed by atoms with Crippen LogP contribution >= 0.6 is 0 Å². The Morgan fingerprint density at radius 3 is 2.88 bits per heavy atom. The summed E-state index contributed by atoms with van der Waals surface area (Å²) in [6.07, 6.45) is 2.01. The molecule has 3 rings (SSSR count). The lowest BCUT2D eigenvalue weighted by atomic mass is 10.1. The van der Waals surface area contributed by atoms with Gasteiger partial charge in [-0.15, -0.1) is 0 Å². The number of nitrogens with zero attached hydrogens (tertiary/aromatic N) is 2. The fourth-order valence-corrected chi connectivity index (χ4v) is 3.83. The zero-order valence-electron chi connectivity index (χ0n) is 15.2. The number of carbonyl (C=O) groups excluding carboxylic acids is 1. The molecule has 6 nitrogen and oxygen atoms in total. The molecule has 1 aromatic rings. The molecule has 0 aromatic carbocycles. The number of amides is 1. The summed E-state index contributed by atoms with van der Waals surface area (Å²) in [6, 6.07) is 2.08. The lowest BCUT2D eigenvalue weighted by Crippen LogP contribution is -2.54. The molecule has 0 radical (unpaired) electrons. The molecule has 1 amide bonds. The Morgan fingerprint density at radius 1 is 1.42 bits per heavy atom. The van der Waals surface area contributed by atoms with Gasteiger partial charge in [0.2, 0.25) is 0 Å². The van der Waals surface area contributed by atoms with Crippen molar-refractivity contribution in [3.63, 3.8) is 0 Å². The van der Waals surface area contributed by atoms with Crippen molar-refractivity contribution in [1.82, 2.24) is 14.8 Å². The molecule has 2 fully saturated rings. The molecule has 2 aliphatic rings. The number of ether oxygens (including phenoxy) is 2. The predicted octanol–water partition coefficient (Wildman–Crippen LogP) is 1.58. The van der Waals surface area contributed by atoms with Crippen molar-refractivity contribution in [2.45, 2.75) is 44.9 Å². The Bertz CT molecular complexity index is 584. The molecule has 0 bridgehead atoms. The molecule has 24 heavy (non-hydrogen) atoms. The Morgan fingerprint density at radius 2 is 2.21 bits per heavy atom. The molecular formula is C18H29N3O3. The topological polar surface area (TPSA) is 57.8 Å². The second-order valence-electron chi connectivity index (χ2n) is 7.18. The summed E-state index contributed by atoms with van der Waals surface area (Å²) in [7, 11) is 4.08. The number of carbonyl (C=O) groups is 1. The molecule has 1 aromatic heterocycles. The van der Waals surface area contributed by atoms with E-state index in [1.54, 1.807) is 0 Å². The standard InChI is InChI=1S/C18H29N3O3/c1-12-11-14(13(2)19-12)18(22)21-8-10-24-17-15(21)5-6-16(17)23-9-7-20(3)4/h11,15-17,19H,5-10H2,1-4H3/t15-,16+,17+/m0/s1. The highest BCUT2D eigenvalue weighted by Gasteiger charge is 2.45. The van der Waals surface area contributed by atoms with Crippen LogP contribution in [-0.2, 0) is 9.47 Å². The van der Waals surface area contributed by atoms with Crippen LogP contribution in [0, 0.1) is 13.8 Å². The Hall–Kier alpha value is -1.37. The number of likely N-dealkylation sites (N-methyl/N-ethyl adjacent to an activating group) is 1. The monoisotopic (exact) mass is 335 g/mol. The molecule has 1 saturated carbocycles. The maximum absolute atomic E-state index is 13.0. The van der Waals surface area contributed by atoms with Crippen LogP contribution in [0.4, 0.5) is 0 Å². The molecule has 6 heteroatoms. The number of nitrogens with one attached hydrogen (secondary N) is 1. The number of aromatic nitrogens is 1. The van der Waals surface area contributed by atoms with Gasteiger partial charge in [-0.25, -0.2) is 0 Å². The van der Waals surface area contributed by atoms with E-state index in [1.165, 1.54) is 0 Å². The third kappa shape index (κ3) is 3.50. The summed E-state index contributed by atoms with van der Waals surface area (Å²) in [5.41, 5.74) is 2.75. The number of aryl methyl sites for hydroxylation is 2. The van der Waals surface area contributed by atoms with E-state index in [-0.39, 0.29) is 24.2 Å². The van der Waals surface area contributed by atoms with E-state index < -0.39 is 0 Å². The Balaban J connectivity index is 1.66. The van der Waals surface area contributed by atoms with E-state index in [1.807, 2.05) is 38.9 Å². The van der Waals surface area contributed by atoms with E-state index in [0.717, 1.165) is 36.3 Å². The molecule has 1 aliphatic heterocycles. The molecule has 0 unspecified atom stereocenters. The number of hydrogen-bond donors (Lipinski definition) is 1. The van der Waals surface area contributed by atoms with Crippen LogP contribution in [0.2, 0.25) is 0 Å². The summed E-state index contributed by atoms with van der Waals surface area (Å²) in [6.45, 7) is 6.79. The summed E-state index contributed by atoms with van der Waals surface area (Å²) < 4.78 is 12.0. The maximum atomic E-state index is 13.0. The minimum atomic E-state index is 0.00482. The first-order chi connectivity index (χ1) is 11.5.